The molecule has 96 valence electrons. The number of benzene rings is 1. The Labute approximate surface area is 112 Å². The van der Waals surface area contributed by atoms with Gasteiger partial charge in [-0.1, -0.05) is 17.7 Å². The molecule has 1 aromatic carbocycles. The molecule has 0 aliphatic heterocycles. The predicted octanol–water partition coefficient (Wildman–Crippen LogP) is 2.91. The van der Waals surface area contributed by atoms with Crippen LogP contribution in [0.4, 0.5) is 5.69 Å². The molecule has 0 saturated heterocycles. The van der Waals surface area contributed by atoms with Crippen LogP contribution in [0.15, 0.2) is 23.1 Å². The zero-order chi connectivity index (χ0) is 12.9. The van der Waals surface area contributed by atoms with Gasteiger partial charge in [0.15, 0.2) is 0 Å². The zero-order valence-corrected chi connectivity index (χ0v) is 12.3. The SMILES string of the molecule is CSc1c(Cl)cccc1NCCCS(C)(=O)=O. The molecule has 0 unspecified atom stereocenters. The number of hydrogen-bond donors (Lipinski definition) is 1. The molecule has 1 rings (SSSR count). The Morgan fingerprint density at radius 2 is 2.12 bits per heavy atom. The van der Waals surface area contributed by atoms with Crippen LogP contribution in [-0.2, 0) is 9.84 Å². The summed E-state index contributed by atoms with van der Waals surface area (Å²) in [5, 5.41) is 3.92. The molecule has 0 spiro atoms. The maximum atomic E-state index is 11.0. The first-order valence-corrected chi connectivity index (χ1v) is 8.84. The van der Waals surface area contributed by atoms with Gasteiger partial charge in [0, 0.05) is 23.4 Å². The van der Waals surface area contributed by atoms with Gasteiger partial charge in [0.25, 0.3) is 0 Å². The van der Waals surface area contributed by atoms with Gasteiger partial charge < -0.3 is 5.32 Å². The Morgan fingerprint density at radius 1 is 1.41 bits per heavy atom. The molecule has 0 fully saturated rings. The van der Waals surface area contributed by atoms with Crippen LogP contribution >= 0.6 is 23.4 Å². The number of hydrogen-bond acceptors (Lipinski definition) is 4. The molecular weight excluding hydrogens is 278 g/mol. The Balaban J connectivity index is 2.55. The molecule has 3 nitrogen and oxygen atoms in total. The molecule has 0 heterocycles. The van der Waals surface area contributed by atoms with Crippen molar-refractivity contribution in [2.24, 2.45) is 0 Å². The third-order valence-electron chi connectivity index (χ3n) is 2.18. The normalized spacial score (nSPS) is 11.5. The summed E-state index contributed by atoms with van der Waals surface area (Å²) in [7, 11) is -2.87. The smallest absolute Gasteiger partial charge is 0.147 e. The summed E-state index contributed by atoms with van der Waals surface area (Å²) in [4.78, 5) is 0.994. The lowest BCUT2D eigenvalue weighted by Crippen LogP contribution is -2.10. The highest BCUT2D eigenvalue weighted by Crippen LogP contribution is 2.32. The fourth-order valence-corrected chi connectivity index (χ4v) is 3.11. The second-order valence-corrected chi connectivity index (χ2v) is 7.21. The van der Waals surface area contributed by atoms with Gasteiger partial charge in [0.2, 0.25) is 0 Å². The maximum absolute atomic E-state index is 11.0. The number of rotatable bonds is 6. The lowest BCUT2D eigenvalue weighted by atomic mass is 10.3. The summed E-state index contributed by atoms with van der Waals surface area (Å²) >= 11 is 7.63. The Bertz CT molecular complexity index is 474. The molecule has 0 aromatic heterocycles. The summed E-state index contributed by atoms with van der Waals surface area (Å²) in [6.07, 6.45) is 3.81. The molecule has 6 heteroatoms. The van der Waals surface area contributed by atoms with E-state index in [4.69, 9.17) is 11.6 Å². The quantitative estimate of drug-likeness (QED) is 0.647. The van der Waals surface area contributed by atoms with Crippen LogP contribution in [0.5, 0.6) is 0 Å². The predicted molar refractivity (Wildman–Crippen MR) is 76.1 cm³/mol. The summed E-state index contributed by atoms with van der Waals surface area (Å²) in [5.74, 6) is 0.204. The van der Waals surface area contributed by atoms with Crippen molar-refractivity contribution in [3.63, 3.8) is 0 Å². The molecule has 0 aliphatic rings. The van der Waals surface area contributed by atoms with E-state index in [0.29, 0.717) is 18.0 Å². The minimum absolute atomic E-state index is 0.204. The minimum atomic E-state index is -2.87. The summed E-state index contributed by atoms with van der Waals surface area (Å²) < 4.78 is 21.9. The van der Waals surface area contributed by atoms with E-state index < -0.39 is 9.84 Å². The topological polar surface area (TPSA) is 46.2 Å². The molecule has 0 aliphatic carbocycles. The number of sulfone groups is 1. The summed E-state index contributed by atoms with van der Waals surface area (Å²) in [6, 6.07) is 5.66. The van der Waals surface area contributed by atoms with E-state index in [1.165, 1.54) is 6.26 Å². The first-order valence-electron chi connectivity index (χ1n) is 5.18. The standard InChI is InChI=1S/C11H16ClNO2S2/c1-16-11-9(12)5-3-6-10(11)13-7-4-8-17(2,14)15/h3,5-6,13H,4,7-8H2,1-2H3. The average molecular weight is 294 g/mol. The average Bonchev–Trinajstić information content (AvgIpc) is 2.23. The van der Waals surface area contributed by atoms with Crippen LogP contribution in [0.2, 0.25) is 5.02 Å². The van der Waals surface area contributed by atoms with Crippen LogP contribution in [-0.4, -0.2) is 33.2 Å². The molecule has 0 bridgehead atoms. The fraction of sp³-hybridized carbons (Fsp3) is 0.455. The number of anilines is 1. The van der Waals surface area contributed by atoms with Crippen LogP contribution in [0.1, 0.15) is 6.42 Å². The van der Waals surface area contributed by atoms with E-state index in [-0.39, 0.29) is 5.75 Å². The summed E-state index contributed by atoms with van der Waals surface area (Å²) in [6.45, 7) is 0.626. The van der Waals surface area contributed by atoms with Crippen molar-refractivity contribution in [2.75, 3.05) is 30.1 Å². The van der Waals surface area contributed by atoms with Crippen molar-refractivity contribution < 1.29 is 8.42 Å². The highest BCUT2D eigenvalue weighted by molar-refractivity contribution is 7.98. The van der Waals surface area contributed by atoms with Gasteiger partial charge in [-0.15, -0.1) is 11.8 Å². The molecule has 1 N–H and O–H groups in total. The number of nitrogens with one attached hydrogen (secondary N) is 1. The molecule has 0 saturated carbocycles. The highest BCUT2D eigenvalue weighted by atomic mass is 35.5. The van der Waals surface area contributed by atoms with E-state index in [0.717, 1.165) is 10.6 Å². The molecular formula is C11H16ClNO2S2. The largest absolute Gasteiger partial charge is 0.384 e. The number of thioether (sulfide) groups is 1. The van der Waals surface area contributed by atoms with Crippen molar-refractivity contribution in [3.05, 3.63) is 23.2 Å². The molecule has 0 atom stereocenters. The van der Waals surface area contributed by atoms with Gasteiger partial charge in [0.05, 0.1) is 10.8 Å². The van der Waals surface area contributed by atoms with Crippen LogP contribution in [0.25, 0.3) is 0 Å². The molecule has 17 heavy (non-hydrogen) atoms. The molecule has 1 aromatic rings. The van der Waals surface area contributed by atoms with Gasteiger partial charge in [0.1, 0.15) is 9.84 Å². The maximum Gasteiger partial charge on any atom is 0.147 e. The Hall–Kier alpha value is -0.390. The minimum Gasteiger partial charge on any atom is -0.384 e. The second kappa shape index (κ2) is 6.52. The van der Waals surface area contributed by atoms with Crippen molar-refractivity contribution in [1.29, 1.82) is 0 Å². The van der Waals surface area contributed by atoms with E-state index >= 15 is 0 Å². The lowest BCUT2D eigenvalue weighted by Gasteiger charge is -2.11. The van der Waals surface area contributed by atoms with Gasteiger partial charge in [-0.25, -0.2) is 8.42 Å². The second-order valence-electron chi connectivity index (χ2n) is 3.73. The third kappa shape index (κ3) is 5.19. The fourth-order valence-electron chi connectivity index (χ4n) is 1.41. The first-order chi connectivity index (χ1) is 7.94. The monoisotopic (exact) mass is 293 g/mol. The van der Waals surface area contributed by atoms with E-state index in [1.54, 1.807) is 11.8 Å². The third-order valence-corrected chi connectivity index (χ3v) is 4.48. The van der Waals surface area contributed by atoms with Crippen LogP contribution in [0.3, 0.4) is 0 Å². The lowest BCUT2D eigenvalue weighted by molar-refractivity contribution is 0.600. The van der Waals surface area contributed by atoms with E-state index in [2.05, 4.69) is 5.32 Å². The first kappa shape index (κ1) is 14.7. The Morgan fingerprint density at radius 3 is 2.71 bits per heavy atom. The summed E-state index contributed by atoms with van der Waals surface area (Å²) in [5.41, 5.74) is 0.957. The Kier molecular flexibility index (Phi) is 5.62. The van der Waals surface area contributed by atoms with Crippen molar-refractivity contribution in [3.8, 4) is 0 Å². The van der Waals surface area contributed by atoms with Crippen molar-refractivity contribution in [2.45, 2.75) is 11.3 Å². The van der Waals surface area contributed by atoms with Gasteiger partial charge in [-0.2, -0.15) is 0 Å². The number of halogens is 1. The zero-order valence-electron chi connectivity index (χ0n) is 9.86. The van der Waals surface area contributed by atoms with Gasteiger partial charge in [-0.05, 0) is 24.8 Å². The van der Waals surface area contributed by atoms with Crippen LogP contribution in [0, 0.1) is 0 Å². The van der Waals surface area contributed by atoms with Gasteiger partial charge in [-0.3, -0.25) is 0 Å². The van der Waals surface area contributed by atoms with Gasteiger partial charge >= 0.3 is 0 Å². The van der Waals surface area contributed by atoms with Crippen molar-refractivity contribution in [1.82, 2.24) is 0 Å². The van der Waals surface area contributed by atoms with E-state index in [9.17, 15) is 8.42 Å². The van der Waals surface area contributed by atoms with Crippen molar-refractivity contribution >= 4 is 38.9 Å². The highest BCUT2D eigenvalue weighted by Gasteiger charge is 2.06. The molecule has 0 amide bonds. The van der Waals surface area contributed by atoms with E-state index in [1.807, 2.05) is 24.5 Å². The van der Waals surface area contributed by atoms with Crippen LogP contribution < -0.4 is 5.32 Å². The molecule has 0 radical (unpaired) electrons.